The maximum absolute atomic E-state index is 11.5. The molecule has 1 saturated heterocycles. The van der Waals surface area contributed by atoms with E-state index >= 15 is 0 Å². The molecule has 1 atom stereocenters. The summed E-state index contributed by atoms with van der Waals surface area (Å²) < 4.78 is 5.61. The smallest absolute Gasteiger partial charge is 0.252 e. The number of H-pyrrole nitrogens is 1. The number of aromatic amines is 1. The van der Waals surface area contributed by atoms with E-state index < -0.39 is 0 Å². The molecule has 0 radical (unpaired) electrons. The molecule has 0 bridgehead atoms. The van der Waals surface area contributed by atoms with Crippen LogP contribution in [0, 0.1) is 0 Å². The van der Waals surface area contributed by atoms with Gasteiger partial charge in [-0.25, -0.2) is 4.98 Å². The van der Waals surface area contributed by atoms with Crippen molar-refractivity contribution in [3.8, 4) is 0 Å². The van der Waals surface area contributed by atoms with Crippen molar-refractivity contribution in [1.29, 1.82) is 0 Å². The van der Waals surface area contributed by atoms with Crippen molar-refractivity contribution < 1.29 is 4.74 Å². The molecule has 1 unspecified atom stereocenters. The van der Waals surface area contributed by atoms with Gasteiger partial charge in [0.25, 0.3) is 5.56 Å². The molecule has 1 aliphatic rings. The van der Waals surface area contributed by atoms with E-state index in [1.807, 2.05) is 6.92 Å². The molecule has 0 aromatic carbocycles. The van der Waals surface area contributed by atoms with Gasteiger partial charge in [-0.1, -0.05) is 13.8 Å². The van der Waals surface area contributed by atoms with E-state index in [1.165, 1.54) is 0 Å². The predicted octanol–water partition coefficient (Wildman–Crippen LogP) is 0.948. The van der Waals surface area contributed by atoms with Crippen molar-refractivity contribution in [3.05, 3.63) is 22.2 Å². The van der Waals surface area contributed by atoms with Gasteiger partial charge in [-0.3, -0.25) is 4.79 Å². The Morgan fingerprint density at radius 3 is 3.12 bits per heavy atom. The van der Waals surface area contributed by atoms with Crippen molar-refractivity contribution in [2.75, 3.05) is 24.6 Å². The van der Waals surface area contributed by atoms with Crippen LogP contribution >= 0.6 is 0 Å². The molecule has 17 heavy (non-hydrogen) atoms. The first-order chi connectivity index (χ1) is 8.22. The van der Waals surface area contributed by atoms with Gasteiger partial charge in [-0.05, 0) is 6.42 Å². The van der Waals surface area contributed by atoms with Crippen LogP contribution in [-0.2, 0) is 11.2 Å². The van der Waals surface area contributed by atoms with Crippen LogP contribution in [0.15, 0.2) is 10.9 Å². The van der Waals surface area contributed by atoms with E-state index in [9.17, 15) is 4.79 Å². The highest BCUT2D eigenvalue weighted by Crippen LogP contribution is 2.15. The number of aryl methyl sites for hydroxylation is 1. The van der Waals surface area contributed by atoms with E-state index in [4.69, 9.17) is 4.74 Å². The normalized spacial score (nSPS) is 20.6. The average Bonchev–Trinajstić information content (AvgIpc) is 2.38. The number of morpholine rings is 1. The van der Waals surface area contributed by atoms with E-state index in [-0.39, 0.29) is 11.7 Å². The van der Waals surface area contributed by atoms with E-state index in [0.29, 0.717) is 6.61 Å². The molecule has 1 N–H and O–H groups in total. The maximum Gasteiger partial charge on any atom is 0.252 e. The summed E-state index contributed by atoms with van der Waals surface area (Å²) in [6, 6.07) is 1.57. The summed E-state index contributed by atoms with van der Waals surface area (Å²) >= 11 is 0. The van der Waals surface area contributed by atoms with Crippen LogP contribution in [0.2, 0.25) is 0 Å². The maximum atomic E-state index is 11.5. The van der Waals surface area contributed by atoms with Gasteiger partial charge in [0.2, 0.25) is 0 Å². The third-order valence-electron chi connectivity index (χ3n) is 3.03. The number of nitrogens with zero attached hydrogens (tertiary/aromatic N) is 2. The third kappa shape index (κ3) is 2.85. The Morgan fingerprint density at radius 2 is 2.41 bits per heavy atom. The van der Waals surface area contributed by atoms with Gasteiger partial charge in [0, 0.05) is 25.6 Å². The molecular formula is C12H19N3O2. The molecule has 2 rings (SSSR count). The van der Waals surface area contributed by atoms with Crippen LogP contribution in [0.5, 0.6) is 0 Å². The molecular weight excluding hydrogens is 218 g/mol. The molecule has 1 aromatic heterocycles. The van der Waals surface area contributed by atoms with Crippen LogP contribution in [0.4, 0.5) is 5.82 Å². The molecule has 94 valence electrons. The molecule has 0 aliphatic carbocycles. The number of ether oxygens (including phenoxy) is 1. The first-order valence-electron chi connectivity index (χ1n) is 6.19. The number of hydrogen-bond acceptors (Lipinski definition) is 4. The molecule has 1 fully saturated rings. The molecule has 1 aromatic rings. The van der Waals surface area contributed by atoms with Crippen molar-refractivity contribution in [2.45, 2.75) is 32.8 Å². The zero-order valence-electron chi connectivity index (χ0n) is 10.4. The highest BCUT2D eigenvalue weighted by atomic mass is 16.5. The minimum absolute atomic E-state index is 0.0774. The van der Waals surface area contributed by atoms with Crippen LogP contribution in [-0.4, -0.2) is 35.8 Å². The largest absolute Gasteiger partial charge is 0.375 e. The Bertz CT molecular complexity index is 430. The topological polar surface area (TPSA) is 58.2 Å². The van der Waals surface area contributed by atoms with Crippen molar-refractivity contribution in [1.82, 2.24) is 9.97 Å². The van der Waals surface area contributed by atoms with E-state index in [2.05, 4.69) is 21.8 Å². The fourth-order valence-electron chi connectivity index (χ4n) is 2.00. The predicted molar refractivity (Wildman–Crippen MR) is 66.5 cm³/mol. The molecule has 2 heterocycles. The van der Waals surface area contributed by atoms with Gasteiger partial charge in [-0.15, -0.1) is 0 Å². The Hall–Kier alpha value is -1.36. The number of rotatable bonds is 3. The summed E-state index contributed by atoms with van der Waals surface area (Å²) in [6.45, 7) is 6.41. The SMILES string of the molecule is CCc1nc(N2CCOC(CC)C2)cc(=O)[nH]1. The Labute approximate surface area is 101 Å². The Balaban J connectivity index is 2.21. The Kier molecular flexibility index (Phi) is 3.78. The van der Waals surface area contributed by atoms with E-state index in [0.717, 1.165) is 37.6 Å². The second kappa shape index (κ2) is 5.31. The first-order valence-corrected chi connectivity index (χ1v) is 6.19. The van der Waals surface area contributed by atoms with Gasteiger partial charge in [0.05, 0.1) is 12.7 Å². The summed E-state index contributed by atoms with van der Waals surface area (Å²) in [6.07, 6.45) is 1.97. The fraction of sp³-hybridized carbons (Fsp3) is 0.667. The monoisotopic (exact) mass is 237 g/mol. The van der Waals surface area contributed by atoms with Crippen LogP contribution in [0.25, 0.3) is 0 Å². The Morgan fingerprint density at radius 1 is 1.59 bits per heavy atom. The summed E-state index contributed by atoms with van der Waals surface area (Å²) in [5.74, 6) is 1.51. The van der Waals surface area contributed by atoms with Gasteiger partial charge in [0.1, 0.15) is 11.6 Å². The number of nitrogens with one attached hydrogen (secondary N) is 1. The minimum Gasteiger partial charge on any atom is -0.375 e. The zero-order chi connectivity index (χ0) is 12.3. The minimum atomic E-state index is -0.0774. The highest BCUT2D eigenvalue weighted by molar-refractivity contribution is 5.38. The first kappa shape index (κ1) is 12.1. The number of hydrogen-bond donors (Lipinski definition) is 1. The van der Waals surface area contributed by atoms with Crippen molar-refractivity contribution in [3.63, 3.8) is 0 Å². The van der Waals surface area contributed by atoms with Gasteiger partial charge < -0.3 is 14.6 Å². The molecule has 0 spiro atoms. The molecule has 5 nitrogen and oxygen atoms in total. The van der Waals surface area contributed by atoms with Crippen molar-refractivity contribution >= 4 is 5.82 Å². The lowest BCUT2D eigenvalue weighted by Crippen LogP contribution is -2.43. The summed E-state index contributed by atoms with van der Waals surface area (Å²) in [4.78, 5) is 20.8. The zero-order valence-corrected chi connectivity index (χ0v) is 10.4. The standard InChI is InChI=1S/C12H19N3O2/c1-3-9-8-15(5-6-17-9)11-7-12(16)14-10(4-2)13-11/h7,9H,3-6,8H2,1-2H3,(H,13,14,16). The van der Waals surface area contributed by atoms with Crippen LogP contribution in [0.3, 0.4) is 0 Å². The van der Waals surface area contributed by atoms with Gasteiger partial charge in [-0.2, -0.15) is 0 Å². The van der Waals surface area contributed by atoms with Crippen LogP contribution in [0.1, 0.15) is 26.1 Å². The van der Waals surface area contributed by atoms with Gasteiger partial charge in [0.15, 0.2) is 0 Å². The summed E-state index contributed by atoms with van der Waals surface area (Å²) in [7, 11) is 0. The average molecular weight is 237 g/mol. The number of anilines is 1. The lowest BCUT2D eigenvalue weighted by atomic mass is 10.2. The van der Waals surface area contributed by atoms with E-state index in [1.54, 1.807) is 6.07 Å². The van der Waals surface area contributed by atoms with Crippen molar-refractivity contribution in [2.24, 2.45) is 0 Å². The highest BCUT2D eigenvalue weighted by Gasteiger charge is 2.20. The quantitative estimate of drug-likeness (QED) is 0.850. The lowest BCUT2D eigenvalue weighted by molar-refractivity contribution is 0.0381. The molecule has 0 amide bonds. The fourth-order valence-corrected chi connectivity index (χ4v) is 2.00. The molecule has 0 saturated carbocycles. The summed E-state index contributed by atoms with van der Waals surface area (Å²) in [5, 5.41) is 0. The molecule has 5 heteroatoms. The van der Waals surface area contributed by atoms with Gasteiger partial charge >= 0.3 is 0 Å². The second-order valence-corrected chi connectivity index (χ2v) is 4.25. The lowest BCUT2D eigenvalue weighted by Gasteiger charge is -2.33. The third-order valence-corrected chi connectivity index (χ3v) is 3.03. The summed E-state index contributed by atoms with van der Waals surface area (Å²) in [5.41, 5.74) is -0.0774. The second-order valence-electron chi connectivity index (χ2n) is 4.25. The molecule has 1 aliphatic heterocycles. The number of aromatic nitrogens is 2. The van der Waals surface area contributed by atoms with Crippen LogP contribution < -0.4 is 10.5 Å².